The van der Waals surface area contributed by atoms with Gasteiger partial charge in [-0.1, -0.05) is 30.3 Å². The second-order valence-electron chi connectivity index (χ2n) is 6.46. The van der Waals surface area contributed by atoms with Crippen LogP contribution in [0.2, 0.25) is 0 Å². The van der Waals surface area contributed by atoms with Gasteiger partial charge in [0, 0.05) is 51.4 Å². The molecule has 6 heteroatoms. The molecular formula is C20H25N3O3. The Labute approximate surface area is 153 Å². The molecule has 1 fully saturated rings. The summed E-state index contributed by atoms with van der Waals surface area (Å²) >= 11 is 0. The van der Waals surface area contributed by atoms with E-state index in [-0.39, 0.29) is 11.5 Å². The molecule has 1 amide bonds. The SMILES string of the molecule is O=C(CCn1ccccc1=O)NCc1ccc(CN2CCOCC2)cc1. The summed E-state index contributed by atoms with van der Waals surface area (Å²) in [7, 11) is 0. The Kier molecular flexibility index (Phi) is 6.57. The Bertz CT molecular complexity index is 764. The highest BCUT2D eigenvalue weighted by atomic mass is 16.5. The Morgan fingerprint density at radius 3 is 2.50 bits per heavy atom. The molecule has 1 aliphatic rings. The van der Waals surface area contributed by atoms with Crippen LogP contribution in [0, 0.1) is 0 Å². The third-order valence-electron chi connectivity index (χ3n) is 4.50. The molecule has 0 saturated carbocycles. The van der Waals surface area contributed by atoms with Crippen LogP contribution in [0.4, 0.5) is 0 Å². The van der Waals surface area contributed by atoms with Gasteiger partial charge >= 0.3 is 0 Å². The molecule has 138 valence electrons. The number of nitrogens with one attached hydrogen (secondary N) is 1. The summed E-state index contributed by atoms with van der Waals surface area (Å²) in [5.74, 6) is -0.0573. The molecule has 1 aromatic heterocycles. The number of aromatic nitrogens is 1. The summed E-state index contributed by atoms with van der Waals surface area (Å²) in [5.41, 5.74) is 2.25. The molecule has 0 spiro atoms. The number of carbonyl (C=O) groups is 1. The smallest absolute Gasteiger partial charge is 0.250 e. The van der Waals surface area contributed by atoms with Gasteiger partial charge in [0.15, 0.2) is 0 Å². The number of ether oxygens (including phenoxy) is 1. The fourth-order valence-corrected chi connectivity index (χ4v) is 2.94. The van der Waals surface area contributed by atoms with Crippen molar-refractivity contribution in [2.45, 2.75) is 26.1 Å². The largest absolute Gasteiger partial charge is 0.379 e. The maximum absolute atomic E-state index is 12.0. The molecule has 0 radical (unpaired) electrons. The van der Waals surface area contributed by atoms with Gasteiger partial charge in [-0.15, -0.1) is 0 Å². The van der Waals surface area contributed by atoms with Crippen molar-refractivity contribution in [3.8, 4) is 0 Å². The van der Waals surface area contributed by atoms with E-state index in [2.05, 4.69) is 34.5 Å². The molecule has 6 nitrogen and oxygen atoms in total. The Hall–Kier alpha value is -2.44. The van der Waals surface area contributed by atoms with E-state index in [0.717, 1.165) is 38.4 Å². The van der Waals surface area contributed by atoms with Crippen LogP contribution in [-0.4, -0.2) is 41.7 Å². The molecule has 0 atom stereocenters. The van der Waals surface area contributed by atoms with E-state index in [4.69, 9.17) is 4.74 Å². The third kappa shape index (κ3) is 5.54. The van der Waals surface area contributed by atoms with E-state index in [1.54, 1.807) is 22.9 Å². The Morgan fingerprint density at radius 2 is 1.77 bits per heavy atom. The minimum absolute atomic E-state index is 0.0573. The van der Waals surface area contributed by atoms with Gasteiger partial charge in [0.1, 0.15) is 0 Å². The zero-order valence-corrected chi connectivity index (χ0v) is 14.9. The number of hydrogen-bond acceptors (Lipinski definition) is 4. The van der Waals surface area contributed by atoms with Crippen molar-refractivity contribution in [1.29, 1.82) is 0 Å². The number of benzene rings is 1. The highest BCUT2D eigenvalue weighted by Crippen LogP contribution is 2.09. The normalized spacial score (nSPS) is 14.9. The van der Waals surface area contributed by atoms with Gasteiger partial charge in [-0.2, -0.15) is 0 Å². The summed E-state index contributed by atoms with van der Waals surface area (Å²) in [6.45, 7) is 5.38. The van der Waals surface area contributed by atoms with Crippen LogP contribution in [-0.2, 0) is 29.2 Å². The van der Waals surface area contributed by atoms with E-state index >= 15 is 0 Å². The molecule has 0 aliphatic carbocycles. The lowest BCUT2D eigenvalue weighted by atomic mass is 10.1. The molecule has 1 aromatic carbocycles. The minimum atomic E-state index is -0.0869. The molecule has 2 aromatic rings. The number of carbonyl (C=O) groups excluding carboxylic acids is 1. The fourth-order valence-electron chi connectivity index (χ4n) is 2.94. The quantitative estimate of drug-likeness (QED) is 0.815. The lowest BCUT2D eigenvalue weighted by molar-refractivity contribution is -0.121. The van der Waals surface area contributed by atoms with Gasteiger partial charge in [0.05, 0.1) is 13.2 Å². The highest BCUT2D eigenvalue weighted by Gasteiger charge is 2.10. The van der Waals surface area contributed by atoms with Gasteiger partial charge in [-0.05, 0) is 17.2 Å². The topological polar surface area (TPSA) is 63.6 Å². The Morgan fingerprint density at radius 1 is 1.04 bits per heavy atom. The fraction of sp³-hybridized carbons (Fsp3) is 0.400. The second-order valence-corrected chi connectivity index (χ2v) is 6.46. The molecule has 26 heavy (non-hydrogen) atoms. The molecule has 1 aliphatic heterocycles. The van der Waals surface area contributed by atoms with E-state index < -0.39 is 0 Å². The van der Waals surface area contributed by atoms with Crippen molar-refractivity contribution in [2.24, 2.45) is 0 Å². The first-order chi connectivity index (χ1) is 12.7. The summed E-state index contributed by atoms with van der Waals surface area (Å²) in [4.78, 5) is 26.0. The zero-order valence-electron chi connectivity index (χ0n) is 14.9. The number of aryl methyl sites for hydroxylation is 1. The number of rotatable bonds is 7. The molecule has 3 rings (SSSR count). The minimum Gasteiger partial charge on any atom is -0.379 e. The third-order valence-corrected chi connectivity index (χ3v) is 4.50. The van der Waals surface area contributed by atoms with Crippen LogP contribution in [0.3, 0.4) is 0 Å². The maximum atomic E-state index is 12.0. The van der Waals surface area contributed by atoms with E-state index in [9.17, 15) is 9.59 Å². The van der Waals surface area contributed by atoms with Gasteiger partial charge < -0.3 is 14.6 Å². The van der Waals surface area contributed by atoms with Crippen LogP contribution < -0.4 is 10.9 Å². The number of pyridine rings is 1. The number of amides is 1. The Balaban J connectivity index is 1.42. The number of morpholine rings is 1. The van der Waals surface area contributed by atoms with Gasteiger partial charge in [-0.25, -0.2) is 0 Å². The first-order valence-corrected chi connectivity index (χ1v) is 9.01. The summed E-state index contributed by atoms with van der Waals surface area (Å²) < 4.78 is 6.91. The van der Waals surface area contributed by atoms with Crippen molar-refractivity contribution >= 4 is 5.91 Å². The van der Waals surface area contributed by atoms with Crippen LogP contribution in [0.25, 0.3) is 0 Å². The molecule has 1 N–H and O–H groups in total. The van der Waals surface area contributed by atoms with Crippen LogP contribution >= 0.6 is 0 Å². The maximum Gasteiger partial charge on any atom is 0.250 e. The standard InChI is InChI=1S/C20H25N3O3/c24-19(8-10-23-9-2-1-3-20(23)25)21-15-17-4-6-18(7-5-17)16-22-11-13-26-14-12-22/h1-7,9H,8,10-16H2,(H,21,24). The summed E-state index contributed by atoms with van der Waals surface area (Å²) in [5, 5.41) is 2.91. The van der Waals surface area contributed by atoms with Crippen LogP contribution in [0.1, 0.15) is 17.5 Å². The monoisotopic (exact) mass is 355 g/mol. The van der Waals surface area contributed by atoms with Crippen molar-refractivity contribution in [3.05, 3.63) is 70.1 Å². The van der Waals surface area contributed by atoms with Crippen LogP contribution in [0.5, 0.6) is 0 Å². The van der Waals surface area contributed by atoms with E-state index in [0.29, 0.717) is 19.5 Å². The molecule has 0 unspecified atom stereocenters. The average molecular weight is 355 g/mol. The van der Waals surface area contributed by atoms with E-state index in [1.807, 2.05) is 0 Å². The van der Waals surface area contributed by atoms with Crippen molar-refractivity contribution in [1.82, 2.24) is 14.8 Å². The lowest BCUT2D eigenvalue weighted by Crippen LogP contribution is -2.35. The lowest BCUT2D eigenvalue weighted by Gasteiger charge is -2.26. The van der Waals surface area contributed by atoms with Crippen LogP contribution in [0.15, 0.2) is 53.5 Å². The van der Waals surface area contributed by atoms with Gasteiger partial charge in [-0.3, -0.25) is 14.5 Å². The van der Waals surface area contributed by atoms with Crippen molar-refractivity contribution < 1.29 is 9.53 Å². The predicted octanol–water partition coefficient (Wildman–Crippen LogP) is 1.39. The number of nitrogens with zero attached hydrogens (tertiary/aromatic N) is 2. The van der Waals surface area contributed by atoms with Gasteiger partial charge in [0.2, 0.25) is 5.91 Å². The molecular weight excluding hydrogens is 330 g/mol. The second kappa shape index (κ2) is 9.31. The molecule has 1 saturated heterocycles. The van der Waals surface area contributed by atoms with Crippen molar-refractivity contribution in [3.63, 3.8) is 0 Å². The first-order valence-electron chi connectivity index (χ1n) is 9.01. The van der Waals surface area contributed by atoms with Gasteiger partial charge in [0.25, 0.3) is 5.56 Å². The highest BCUT2D eigenvalue weighted by molar-refractivity contribution is 5.75. The van der Waals surface area contributed by atoms with Crippen molar-refractivity contribution in [2.75, 3.05) is 26.3 Å². The summed E-state index contributed by atoms with van der Waals surface area (Å²) in [6, 6.07) is 13.3. The predicted molar refractivity (Wildman–Crippen MR) is 99.7 cm³/mol. The zero-order chi connectivity index (χ0) is 18.2. The molecule has 2 heterocycles. The number of hydrogen-bond donors (Lipinski definition) is 1. The average Bonchev–Trinajstić information content (AvgIpc) is 2.68. The summed E-state index contributed by atoms with van der Waals surface area (Å²) in [6.07, 6.45) is 1.99. The first kappa shape index (κ1) is 18.4. The molecule has 0 bridgehead atoms. The van der Waals surface area contributed by atoms with E-state index in [1.165, 1.54) is 11.6 Å².